The van der Waals surface area contributed by atoms with Crippen LogP contribution < -0.4 is 10.6 Å². The van der Waals surface area contributed by atoms with Gasteiger partial charge in [0.15, 0.2) is 12.1 Å². The molecule has 0 spiro atoms. The van der Waals surface area contributed by atoms with Crippen molar-refractivity contribution in [2.75, 3.05) is 11.9 Å². The van der Waals surface area contributed by atoms with Gasteiger partial charge in [0, 0.05) is 12.2 Å². The molecule has 1 aliphatic rings. The number of rotatable bonds is 9. The van der Waals surface area contributed by atoms with E-state index >= 15 is 0 Å². The molecule has 1 aromatic heterocycles. The molecule has 2 heterocycles. The van der Waals surface area contributed by atoms with Crippen molar-refractivity contribution in [1.82, 2.24) is 10.2 Å². The zero-order valence-corrected chi connectivity index (χ0v) is 20.9. The minimum absolute atomic E-state index is 0.0321. The molecule has 9 heteroatoms. The van der Waals surface area contributed by atoms with E-state index in [1.165, 1.54) is 28.4 Å². The Morgan fingerprint density at radius 3 is 2.56 bits per heavy atom. The normalized spacial score (nSPS) is 17.2. The van der Waals surface area contributed by atoms with Gasteiger partial charge in [0.05, 0.1) is 11.4 Å². The Hall–Kier alpha value is -3.72. The summed E-state index contributed by atoms with van der Waals surface area (Å²) in [5.74, 6) is -0.565. The molecule has 1 aliphatic heterocycles. The van der Waals surface area contributed by atoms with Crippen LogP contribution in [0, 0.1) is 11.7 Å². The number of carbonyl (C=O) groups excluding carboxylic acids is 3. The smallest absolute Gasteiger partial charge is 0.411 e. The molecule has 0 unspecified atom stereocenters. The second kappa shape index (κ2) is 11.3. The van der Waals surface area contributed by atoms with Gasteiger partial charge in [-0.3, -0.25) is 14.5 Å². The summed E-state index contributed by atoms with van der Waals surface area (Å²) < 4.78 is 19.4. The Kier molecular flexibility index (Phi) is 8.00. The van der Waals surface area contributed by atoms with Crippen LogP contribution in [0.2, 0.25) is 0 Å². The summed E-state index contributed by atoms with van der Waals surface area (Å²) in [6, 6.07) is 15.4. The number of hydrogen-bond acceptors (Lipinski definition) is 5. The van der Waals surface area contributed by atoms with Crippen molar-refractivity contribution in [3.05, 3.63) is 87.9 Å². The Morgan fingerprint density at radius 2 is 1.89 bits per heavy atom. The van der Waals surface area contributed by atoms with Gasteiger partial charge in [0.2, 0.25) is 5.91 Å². The van der Waals surface area contributed by atoms with E-state index in [1.807, 2.05) is 5.38 Å². The predicted molar refractivity (Wildman–Crippen MR) is 136 cm³/mol. The van der Waals surface area contributed by atoms with Crippen molar-refractivity contribution in [3.63, 3.8) is 0 Å². The van der Waals surface area contributed by atoms with Crippen molar-refractivity contribution >= 4 is 34.9 Å². The molecule has 3 aromatic rings. The topological polar surface area (TPSA) is 87.7 Å². The van der Waals surface area contributed by atoms with E-state index in [9.17, 15) is 18.8 Å². The lowest BCUT2D eigenvalue weighted by atomic mass is 10.00. The third kappa shape index (κ3) is 6.09. The first-order valence-electron chi connectivity index (χ1n) is 11.8. The molecular weight excluding hydrogens is 481 g/mol. The van der Waals surface area contributed by atoms with Crippen LogP contribution in [0.1, 0.15) is 47.2 Å². The molecule has 0 saturated carbocycles. The number of ether oxygens (including phenoxy) is 1. The largest absolute Gasteiger partial charge is 0.438 e. The summed E-state index contributed by atoms with van der Waals surface area (Å²) in [5.41, 5.74) is 1.75. The number of nitrogens with zero attached hydrogens (tertiary/aromatic N) is 1. The van der Waals surface area contributed by atoms with Gasteiger partial charge in [-0.2, -0.15) is 0 Å². The van der Waals surface area contributed by atoms with Crippen LogP contribution in [-0.4, -0.2) is 35.4 Å². The second-order valence-corrected chi connectivity index (χ2v) is 9.98. The molecule has 3 amide bonds. The number of halogens is 1. The zero-order chi connectivity index (χ0) is 25.7. The summed E-state index contributed by atoms with van der Waals surface area (Å²) in [5, 5.41) is 7.57. The van der Waals surface area contributed by atoms with E-state index < -0.39 is 24.1 Å². The summed E-state index contributed by atoms with van der Waals surface area (Å²) in [6.45, 7) is 4.62. The van der Waals surface area contributed by atoms with Gasteiger partial charge in [0.25, 0.3) is 5.91 Å². The highest BCUT2D eigenvalue weighted by Crippen LogP contribution is 2.34. The molecule has 36 heavy (non-hydrogen) atoms. The number of carbonyl (C=O) groups is 3. The van der Waals surface area contributed by atoms with Gasteiger partial charge in [-0.05, 0) is 59.2 Å². The number of anilines is 1. The number of amides is 3. The minimum Gasteiger partial charge on any atom is -0.438 e. The van der Waals surface area contributed by atoms with E-state index in [2.05, 4.69) is 24.5 Å². The Bertz CT molecular complexity index is 1210. The van der Waals surface area contributed by atoms with Gasteiger partial charge in [-0.1, -0.05) is 44.2 Å². The van der Waals surface area contributed by atoms with Crippen LogP contribution in [0.25, 0.3) is 0 Å². The Morgan fingerprint density at radius 1 is 1.11 bits per heavy atom. The van der Waals surface area contributed by atoms with Crippen LogP contribution in [0.4, 0.5) is 14.9 Å². The molecule has 0 radical (unpaired) electrons. The van der Waals surface area contributed by atoms with Crippen molar-refractivity contribution in [1.29, 1.82) is 0 Å². The van der Waals surface area contributed by atoms with Crippen LogP contribution in [0.15, 0.2) is 66.0 Å². The molecule has 2 N–H and O–H groups in total. The molecular formula is C27H28FN3O4S. The number of hydrogen-bond donors (Lipinski definition) is 2. The van der Waals surface area contributed by atoms with Crippen LogP contribution in [-0.2, 0) is 16.1 Å². The standard InChI is InChI=1S/C27H28FN3O4S/c1-17(2)12-13-29-26(33)23-24(35-27(34)31(23)16-18-5-3-6-20(28)15-18)19-8-10-21(11-9-19)30-25(32)22-7-4-14-36-22/h3-11,14-15,17,23-24H,12-13,16H2,1-2H3,(H,29,33)(H,30,32)/t23-,24+/m0/s1. The van der Waals surface area contributed by atoms with Crippen LogP contribution in [0.5, 0.6) is 0 Å². The van der Waals surface area contributed by atoms with Crippen molar-refractivity contribution in [2.45, 2.75) is 39.0 Å². The predicted octanol–water partition coefficient (Wildman–Crippen LogP) is 5.36. The molecule has 7 nitrogen and oxygen atoms in total. The summed E-state index contributed by atoms with van der Waals surface area (Å²) in [4.78, 5) is 40.4. The van der Waals surface area contributed by atoms with Gasteiger partial charge in [-0.25, -0.2) is 9.18 Å². The number of cyclic esters (lactones) is 1. The maximum atomic E-state index is 13.8. The average Bonchev–Trinajstić information content (AvgIpc) is 3.48. The zero-order valence-electron chi connectivity index (χ0n) is 20.1. The number of thiophene rings is 1. The lowest BCUT2D eigenvalue weighted by molar-refractivity contribution is -0.126. The first-order chi connectivity index (χ1) is 17.3. The second-order valence-electron chi connectivity index (χ2n) is 9.03. The highest BCUT2D eigenvalue weighted by Gasteiger charge is 2.46. The lowest BCUT2D eigenvalue weighted by Crippen LogP contribution is -2.46. The number of nitrogens with one attached hydrogen (secondary N) is 2. The third-order valence-electron chi connectivity index (χ3n) is 5.86. The Labute approximate surface area is 213 Å². The molecule has 1 fully saturated rings. The summed E-state index contributed by atoms with van der Waals surface area (Å²) in [7, 11) is 0. The summed E-state index contributed by atoms with van der Waals surface area (Å²) in [6.07, 6.45) is -0.712. The van der Waals surface area contributed by atoms with Crippen LogP contribution in [0.3, 0.4) is 0 Å². The van der Waals surface area contributed by atoms with E-state index in [-0.39, 0.29) is 18.4 Å². The highest BCUT2D eigenvalue weighted by molar-refractivity contribution is 7.12. The van der Waals surface area contributed by atoms with E-state index in [1.54, 1.807) is 48.5 Å². The van der Waals surface area contributed by atoms with Gasteiger partial charge in [0.1, 0.15) is 5.82 Å². The average molecular weight is 510 g/mol. The quantitative estimate of drug-likeness (QED) is 0.406. The van der Waals surface area contributed by atoms with Crippen molar-refractivity contribution in [3.8, 4) is 0 Å². The van der Waals surface area contributed by atoms with Gasteiger partial charge < -0.3 is 15.4 Å². The SMILES string of the molecule is CC(C)CCNC(=O)[C@@H]1[C@@H](c2ccc(NC(=O)c3cccs3)cc2)OC(=O)N1Cc1cccc(F)c1. The van der Waals surface area contributed by atoms with Gasteiger partial charge >= 0.3 is 6.09 Å². The molecule has 0 bridgehead atoms. The minimum atomic E-state index is -0.931. The van der Waals surface area contributed by atoms with Crippen molar-refractivity contribution < 1.29 is 23.5 Å². The fourth-order valence-electron chi connectivity index (χ4n) is 3.99. The monoisotopic (exact) mass is 509 g/mol. The van der Waals surface area contributed by atoms with Crippen LogP contribution >= 0.6 is 11.3 Å². The molecule has 1 saturated heterocycles. The maximum absolute atomic E-state index is 13.8. The maximum Gasteiger partial charge on any atom is 0.411 e. The molecule has 4 rings (SSSR count). The molecule has 2 aromatic carbocycles. The molecule has 0 aliphatic carbocycles. The highest BCUT2D eigenvalue weighted by atomic mass is 32.1. The number of benzene rings is 2. The first kappa shape index (κ1) is 25.4. The fourth-order valence-corrected chi connectivity index (χ4v) is 4.61. The van der Waals surface area contributed by atoms with Gasteiger partial charge in [-0.15, -0.1) is 11.3 Å². The third-order valence-corrected chi connectivity index (χ3v) is 6.73. The molecule has 188 valence electrons. The van der Waals surface area contributed by atoms with E-state index in [0.717, 1.165) is 6.42 Å². The first-order valence-corrected chi connectivity index (χ1v) is 12.6. The van der Waals surface area contributed by atoms with E-state index in [4.69, 9.17) is 4.74 Å². The van der Waals surface area contributed by atoms with Crippen molar-refractivity contribution in [2.24, 2.45) is 5.92 Å². The van der Waals surface area contributed by atoms with E-state index in [0.29, 0.717) is 34.2 Å². The fraction of sp³-hybridized carbons (Fsp3) is 0.296. The summed E-state index contributed by atoms with van der Waals surface area (Å²) >= 11 is 1.34. The Balaban J connectivity index is 1.54. The molecule has 2 atom stereocenters. The lowest BCUT2D eigenvalue weighted by Gasteiger charge is -2.24.